The standard InChI is InChI=1S/C15H20N4O/c16-12-7-11-13(18-9-19-15(11)20)8-14(12)17-6-5-10-3-1-2-4-10/h7-10,17H,1-6,16H2,(H,18,19,20). The number of anilines is 2. The van der Waals surface area contributed by atoms with Crippen molar-refractivity contribution in [1.82, 2.24) is 9.97 Å². The molecule has 1 aromatic heterocycles. The molecule has 1 fully saturated rings. The van der Waals surface area contributed by atoms with Crippen molar-refractivity contribution in [1.29, 1.82) is 0 Å². The highest BCUT2D eigenvalue weighted by Crippen LogP contribution is 2.28. The summed E-state index contributed by atoms with van der Waals surface area (Å²) in [4.78, 5) is 18.4. The van der Waals surface area contributed by atoms with Crippen molar-refractivity contribution in [2.75, 3.05) is 17.6 Å². The summed E-state index contributed by atoms with van der Waals surface area (Å²) in [7, 11) is 0. The van der Waals surface area contributed by atoms with Gasteiger partial charge in [-0.05, 0) is 24.5 Å². The molecule has 1 aromatic carbocycles. The first kappa shape index (κ1) is 13.0. The van der Waals surface area contributed by atoms with Crippen molar-refractivity contribution in [3.8, 4) is 0 Å². The number of nitrogen functional groups attached to an aromatic ring is 1. The molecule has 0 amide bonds. The molecule has 1 aliphatic rings. The summed E-state index contributed by atoms with van der Waals surface area (Å²) in [5.41, 5.74) is 7.99. The lowest BCUT2D eigenvalue weighted by Gasteiger charge is -2.13. The molecule has 0 aliphatic heterocycles. The number of hydrogen-bond acceptors (Lipinski definition) is 4. The number of rotatable bonds is 4. The topological polar surface area (TPSA) is 83.8 Å². The van der Waals surface area contributed by atoms with E-state index in [4.69, 9.17) is 5.73 Å². The number of fused-ring (bicyclic) bond motifs is 1. The van der Waals surface area contributed by atoms with Crippen LogP contribution in [0.5, 0.6) is 0 Å². The van der Waals surface area contributed by atoms with Gasteiger partial charge >= 0.3 is 0 Å². The van der Waals surface area contributed by atoms with Crippen LogP contribution in [0, 0.1) is 5.92 Å². The molecule has 20 heavy (non-hydrogen) atoms. The molecule has 2 aromatic rings. The molecule has 0 atom stereocenters. The van der Waals surface area contributed by atoms with Gasteiger partial charge in [0.15, 0.2) is 0 Å². The Kier molecular flexibility index (Phi) is 3.58. The van der Waals surface area contributed by atoms with Crippen LogP contribution in [0.2, 0.25) is 0 Å². The molecule has 0 spiro atoms. The number of hydrogen-bond donors (Lipinski definition) is 3. The Morgan fingerprint density at radius 3 is 2.95 bits per heavy atom. The van der Waals surface area contributed by atoms with Gasteiger partial charge in [-0.25, -0.2) is 4.98 Å². The minimum absolute atomic E-state index is 0.154. The van der Waals surface area contributed by atoms with Crippen molar-refractivity contribution < 1.29 is 0 Å². The van der Waals surface area contributed by atoms with Gasteiger partial charge in [-0.1, -0.05) is 25.7 Å². The highest BCUT2D eigenvalue weighted by Gasteiger charge is 2.14. The maximum Gasteiger partial charge on any atom is 0.258 e. The third kappa shape index (κ3) is 2.61. The van der Waals surface area contributed by atoms with Crippen LogP contribution in [-0.4, -0.2) is 16.5 Å². The number of nitrogens with one attached hydrogen (secondary N) is 2. The van der Waals surface area contributed by atoms with E-state index in [0.717, 1.165) is 18.2 Å². The van der Waals surface area contributed by atoms with Gasteiger partial charge in [-0.3, -0.25) is 4.79 Å². The Morgan fingerprint density at radius 2 is 2.15 bits per heavy atom. The first-order valence-electron chi connectivity index (χ1n) is 7.25. The quantitative estimate of drug-likeness (QED) is 0.747. The van der Waals surface area contributed by atoms with E-state index in [1.165, 1.54) is 38.4 Å². The smallest absolute Gasteiger partial charge is 0.258 e. The van der Waals surface area contributed by atoms with Crippen molar-refractivity contribution in [2.24, 2.45) is 5.92 Å². The SMILES string of the molecule is Nc1cc2c(=O)[nH]cnc2cc1NCCC1CCCC1. The fourth-order valence-electron chi connectivity index (χ4n) is 2.99. The van der Waals surface area contributed by atoms with Gasteiger partial charge in [-0.15, -0.1) is 0 Å². The molecule has 1 heterocycles. The van der Waals surface area contributed by atoms with Crippen molar-refractivity contribution in [3.63, 3.8) is 0 Å². The van der Waals surface area contributed by atoms with Crippen LogP contribution in [0.15, 0.2) is 23.3 Å². The number of nitrogens with zero attached hydrogens (tertiary/aromatic N) is 1. The van der Waals surface area contributed by atoms with E-state index >= 15 is 0 Å². The highest BCUT2D eigenvalue weighted by molar-refractivity contribution is 5.88. The lowest BCUT2D eigenvalue weighted by Crippen LogP contribution is -2.10. The van der Waals surface area contributed by atoms with Crippen LogP contribution < -0.4 is 16.6 Å². The van der Waals surface area contributed by atoms with Gasteiger partial charge in [-0.2, -0.15) is 0 Å². The largest absolute Gasteiger partial charge is 0.397 e. The maximum absolute atomic E-state index is 11.7. The minimum atomic E-state index is -0.154. The average Bonchev–Trinajstić information content (AvgIpc) is 2.94. The summed E-state index contributed by atoms with van der Waals surface area (Å²) in [5.74, 6) is 0.852. The molecule has 5 heteroatoms. The van der Waals surface area contributed by atoms with Gasteiger partial charge in [0.25, 0.3) is 5.56 Å². The average molecular weight is 272 g/mol. The second kappa shape index (κ2) is 5.53. The molecule has 4 N–H and O–H groups in total. The molecular weight excluding hydrogens is 252 g/mol. The van der Waals surface area contributed by atoms with Crippen LogP contribution in [0.4, 0.5) is 11.4 Å². The zero-order chi connectivity index (χ0) is 13.9. The monoisotopic (exact) mass is 272 g/mol. The van der Waals surface area contributed by atoms with Crippen molar-refractivity contribution in [3.05, 3.63) is 28.8 Å². The number of aromatic nitrogens is 2. The summed E-state index contributed by atoms with van der Waals surface area (Å²) >= 11 is 0. The molecule has 3 rings (SSSR count). The molecule has 1 saturated carbocycles. The lowest BCUT2D eigenvalue weighted by atomic mass is 10.0. The molecule has 106 valence electrons. The Balaban J connectivity index is 1.74. The normalized spacial score (nSPS) is 15.8. The van der Waals surface area contributed by atoms with Crippen molar-refractivity contribution in [2.45, 2.75) is 32.1 Å². The number of H-pyrrole nitrogens is 1. The summed E-state index contributed by atoms with van der Waals surface area (Å²) in [6, 6.07) is 3.55. The summed E-state index contributed by atoms with van der Waals surface area (Å²) in [5, 5.41) is 3.91. The highest BCUT2D eigenvalue weighted by atomic mass is 16.1. The van der Waals surface area contributed by atoms with Gasteiger partial charge in [0.05, 0.1) is 28.6 Å². The van der Waals surface area contributed by atoms with E-state index in [-0.39, 0.29) is 5.56 Å². The zero-order valence-electron chi connectivity index (χ0n) is 11.5. The molecule has 0 radical (unpaired) electrons. The fraction of sp³-hybridized carbons (Fsp3) is 0.467. The first-order chi connectivity index (χ1) is 9.74. The Morgan fingerprint density at radius 1 is 1.35 bits per heavy atom. The Hall–Kier alpha value is -2.04. The fourth-order valence-corrected chi connectivity index (χ4v) is 2.99. The third-order valence-corrected chi connectivity index (χ3v) is 4.15. The molecular formula is C15H20N4O. The van der Waals surface area contributed by atoms with E-state index in [2.05, 4.69) is 15.3 Å². The van der Waals surface area contributed by atoms with Crippen LogP contribution in [-0.2, 0) is 0 Å². The van der Waals surface area contributed by atoms with E-state index < -0.39 is 0 Å². The second-order valence-electron chi connectivity index (χ2n) is 5.55. The molecule has 0 unspecified atom stereocenters. The maximum atomic E-state index is 11.7. The molecule has 0 bridgehead atoms. The van der Waals surface area contributed by atoms with Gasteiger partial charge in [0.1, 0.15) is 0 Å². The van der Waals surface area contributed by atoms with E-state index in [1.54, 1.807) is 6.07 Å². The third-order valence-electron chi connectivity index (χ3n) is 4.15. The second-order valence-corrected chi connectivity index (χ2v) is 5.55. The van der Waals surface area contributed by atoms with E-state index in [0.29, 0.717) is 16.6 Å². The van der Waals surface area contributed by atoms with Crippen LogP contribution >= 0.6 is 0 Å². The van der Waals surface area contributed by atoms with E-state index in [9.17, 15) is 4.79 Å². The number of benzene rings is 1. The van der Waals surface area contributed by atoms with Gasteiger partial charge in [0, 0.05) is 6.54 Å². The Bertz CT molecular complexity index is 658. The number of nitrogens with two attached hydrogens (primary N) is 1. The summed E-state index contributed by atoms with van der Waals surface area (Å²) in [6.45, 7) is 0.920. The number of aromatic amines is 1. The molecule has 1 aliphatic carbocycles. The van der Waals surface area contributed by atoms with E-state index in [1.807, 2.05) is 6.07 Å². The first-order valence-corrected chi connectivity index (χ1v) is 7.25. The Labute approximate surface area is 117 Å². The van der Waals surface area contributed by atoms with Crippen LogP contribution in [0.25, 0.3) is 10.9 Å². The summed E-state index contributed by atoms with van der Waals surface area (Å²) < 4.78 is 0. The van der Waals surface area contributed by atoms with Crippen LogP contribution in [0.3, 0.4) is 0 Å². The lowest BCUT2D eigenvalue weighted by molar-refractivity contribution is 0.519. The predicted octanol–water partition coefficient (Wildman–Crippen LogP) is 2.50. The minimum Gasteiger partial charge on any atom is -0.397 e. The van der Waals surface area contributed by atoms with Gasteiger partial charge in [0.2, 0.25) is 0 Å². The van der Waals surface area contributed by atoms with Gasteiger partial charge < -0.3 is 16.0 Å². The molecule has 5 nitrogen and oxygen atoms in total. The molecule has 0 saturated heterocycles. The van der Waals surface area contributed by atoms with Crippen LogP contribution in [0.1, 0.15) is 32.1 Å². The zero-order valence-corrected chi connectivity index (χ0v) is 11.5. The predicted molar refractivity (Wildman–Crippen MR) is 81.8 cm³/mol. The van der Waals surface area contributed by atoms with Crippen molar-refractivity contribution >= 4 is 22.3 Å². The summed E-state index contributed by atoms with van der Waals surface area (Å²) in [6.07, 6.45) is 8.05.